The van der Waals surface area contributed by atoms with E-state index in [4.69, 9.17) is 15.0 Å². The van der Waals surface area contributed by atoms with Crippen LogP contribution in [0.25, 0.3) is 33.9 Å². The maximum atomic E-state index is 5.12. The minimum Gasteiger partial charge on any atom is -0.208 e. The van der Waals surface area contributed by atoms with Gasteiger partial charge in [0.05, 0.1) is 5.41 Å². The molecule has 44 heavy (non-hydrogen) atoms. The van der Waals surface area contributed by atoms with Crippen molar-refractivity contribution in [1.29, 1.82) is 0 Å². The van der Waals surface area contributed by atoms with Crippen LogP contribution in [0.15, 0.2) is 170 Å². The molecule has 0 saturated heterocycles. The first kappa shape index (κ1) is 27.2. The van der Waals surface area contributed by atoms with Crippen LogP contribution in [0, 0.1) is 0 Å². The van der Waals surface area contributed by atoms with E-state index in [1.54, 1.807) is 0 Å². The highest BCUT2D eigenvalue weighted by molar-refractivity contribution is 6.10. The molecule has 0 aliphatic heterocycles. The van der Waals surface area contributed by atoms with E-state index in [1.807, 2.05) is 72.8 Å². The average Bonchev–Trinajstić information content (AvgIpc) is 3.36. The standard InChI is InChI=1S/C41H31N3/c1-3-18-35(40-43-38(30-19-8-4-9-20-30)42-39(44-40)31-21-10-5-11-22-31)37-29(2)41(32-23-12-6-13-24-32,33-25-14-7-15-26-33)36-28-17-16-27-34(36)37/h3-28H,1H2,2H3/b35-18+. The summed E-state index contributed by atoms with van der Waals surface area (Å²) in [6.45, 7) is 6.38. The molecule has 0 amide bonds. The Morgan fingerprint density at radius 3 is 1.52 bits per heavy atom. The average molecular weight is 566 g/mol. The van der Waals surface area contributed by atoms with Crippen LogP contribution in [-0.4, -0.2) is 15.0 Å². The molecule has 3 heteroatoms. The number of hydrogen-bond donors (Lipinski definition) is 0. The van der Waals surface area contributed by atoms with Crippen molar-refractivity contribution in [2.24, 2.45) is 0 Å². The third kappa shape index (κ3) is 4.50. The van der Waals surface area contributed by atoms with E-state index in [2.05, 4.69) is 98.4 Å². The molecule has 1 aromatic heterocycles. The minimum atomic E-state index is -0.494. The Balaban J connectivity index is 1.54. The molecule has 0 unspecified atom stereocenters. The molecule has 210 valence electrons. The summed E-state index contributed by atoms with van der Waals surface area (Å²) in [5, 5.41) is 0. The fraction of sp³-hybridized carbons (Fsp3) is 0.0488. The first-order chi connectivity index (χ1) is 21.7. The molecule has 1 heterocycles. The molecule has 3 nitrogen and oxygen atoms in total. The zero-order valence-electron chi connectivity index (χ0n) is 24.6. The summed E-state index contributed by atoms with van der Waals surface area (Å²) in [6, 6.07) is 50.5. The lowest BCUT2D eigenvalue weighted by atomic mass is 9.67. The normalized spacial score (nSPS) is 13.9. The van der Waals surface area contributed by atoms with E-state index in [0.29, 0.717) is 17.5 Å². The lowest BCUT2D eigenvalue weighted by Gasteiger charge is -2.34. The van der Waals surface area contributed by atoms with Crippen LogP contribution in [-0.2, 0) is 5.41 Å². The predicted molar refractivity (Wildman–Crippen MR) is 181 cm³/mol. The van der Waals surface area contributed by atoms with Crippen LogP contribution < -0.4 is 0 Å². The molecule has 0 saturated carbocycles. The van der Waals surface area contributed by atoms with Crippen molar-refractivity contribution >= 4 is 11.1 Å². The van der Waals surface area contributed by atoms with Gasteiger partial charge in [-0.25, -0.2) is 15.0 Å². The van der Waals surface area contributed by atoms with Gasteiger partial charge in [-0.2, -0.15) is 0 Å². The number of nitrogens with zero attached hydrogens (tertiary/aromatic N) is 3. The highest BCUT2D eigenvalue weighted by atomic mass is 15.0. The Bertz CT molecular complexity index is 1910. The number of allylic oxidation sites excluding steroid dienone is 5. The quantitative estimate of drug-likeness (QED) is 0.181. The van der Waals surface area contributed by atoms with Crippen molar-refractivity contribution in [3.63, 3.8) is 0 Å². The molecule has 1 aliphatic carbocycles. The molecule has 5 aromatic carbocycles. The lowest BCUT2D eigenvalue weighted by molar-refractivity contribution is 0.743. The molecule has 0 spiro atoms. The fourth-order valence-corrected chi connectivity index (χ4v) is 6.57. The molecular weight excluding hydrogens is 534 g/mol. The third-order valence-corrected chi connectivity index (χ3v) is 8.45. The van der Waals surface area contributed by atoms with Gasteiger partial charge in [0, 0.05) is 16.7 Å². The van der Waals surface area contributed by atoms with E-state index in [9.17, 15) is 0 Å². The van der Waals surface area contributed by atoms with Crippen molar-refractivity contribution in [2.45, 2.75) is 12.3 Å². The second-order valence-corrected chi connectivity index (χ2v) is 10.9. The van der Waals surface area contributed by atoms with E-state index in [-0.39, 0.29) is 0 Å². The van der Waals surface area contributed by atoms with Crippen molar-refractivity contribution in [3.8, 4) is 22.8 Å². The smallest absolute Gasteiger partial charge is 0.164 e. The van der Waals surface area contributed by atoms with Crippen molar-refractivity contribution in [1.82, 2.24) is 15.0 Å². The largest absolute Gasteiger partial charge is 0.208 e. The molecule has 0 radical (unpaired) electrons. The summed E-state index contributed by atoms with van der Waals surface area (Å²) in [4.78, 5) is 15.2. The zero-order chi connectivity index (χ0) is 29.9. The maximum Gasteiger partial charge on any atom is 0.164 e. The van der Waals surface area contributed by atoms with Crippen molar-refractivity contribution in [3.05, 3.63) is 198 Å². The third-order valence-electron chi connectivity index (χ3n) is 8.45. The number of aromatic nitrogens is 3. The van der Waals surface area contributed by atoms with Crippen LogP contribution in [0.5, 0.6) is 0 Å². The SMILES string of the molecule is C=C/C=C(\C1=C(C)C(c2ccccc2)(c2ccccc2)c2ccccc21)c1nc(-c2ccccc2)nc(-c2ccccc2)n1. The van der Waals surface area contributed by atoms with Gasteiger partial charge >= 0.3 is 0 Å². The molecule has 7 rings (SSSR count). The molecule has 0 atom stereocenters. The van der Waals surface area contributed by atoms with Gasteiger partial charge in [0.2, 0.25) is 0 Å². The van der Waals surface area contributed by atoms with Gasteiger partial charge in [-0.05, 0) is 40.3 Å². The van der Waals surface area contributed by atoms with Crippen molar-refractivity contribution < 1.29 is 0 Å². The van der Waals surface area contributed by atoms with Gasteiger partial charge in [0.15, 0.2) is 17.5 Å². The number of benzene rings is 5. The van der Waals surface area contributed by atoms with Crippen LogP contribution in [0.1, 0.15) is 35.0 Å². The number of fused-ring (bicyclic) bond motifs is 1. The molecular formula is C41H31N3. The fourth-order valence-electron chi connectivity index (χ4n) is 6.57. The van der Waals surface area contributed by atoms with E-state index >= 15 is 0 Å². The van der Waals surface area contributed by atoms with Gasteiger partial charge in [0.25, 0.3) is 0 Å². The van der Waals surface area contributed by atoms with Gasteiger partial charge in [-0.15, -0.1) is 0 Å². The van der Waals surface area contributed by atoms with Gasteiger partial charge in [-0.1, -0.05) is 164 Å². The van der Waals surface area contributed by atoms with Gasteiger partial charge < -0.3 is 0 Å². The Morgan fingerprint density at radius 2 is 1.02 bits per heavy atom. The van der Waals surface area contributed by atoms with Gasteiger partial charge in [0.1, 0.15) is 0 Å². The minimum absolute atomic E-state index is 0.494. The molecule has 6 aromatic rings. The summed E-state index contributed by atoms with van der Waals surface area (Å²) < 4.78 is 0. The predicted octanol–water partition coefficient (Wildman–Crippen LogP) is 9.60. The summed E-state index contributed by atoms with van der Waals surface area (Å²) in [7, 11) is 0. The monoisotopic (exact) mass is 565 g/mol. The topological polar surface area (TPSA) is 38.7 Å². The zero-order valence-corrected chi connectivity index (χ0v) is 24.6. The second kappa shape index (κ2) is 11.5. The van der Waals surface area contributed by atoms with Crippen LogP contribution in [0.4, 0.5) is 0 Å². The van der Waals surface area contributed by atoms with E-state index in [0.717, 1.165) is 27.8 Å². The number of hydrogen-bond acceptors (Lipinski definition) is 3. The van der Waals surface area contributed by atoms with Gasteiger partial charge in [-0.3, -0.25) is 0 Å². The Morgan fingerprint density at radius 1 is 0.568 bits per heavy atom. The Hall–Kier alpha value is -5.67. The first-order valence-corrected chi connectivity index (χ1v) is 14.8. The van der Waals surface area contributed by atoms with Crippen molar-refractivity contribution in [2.75, 3.05) is 0 Å². The van der Waals surface area contributed by atoms with Crippen LogP contribution in [0.2, 0.25) is 0 Å². The van der Waals surface area contributed by atoms with Crippen LogP contribution in [0.3, 0.4) is 0 Å². The van der Waals surface area contributed by atoms with E-state index in [1.165, 1.54) is 22.3 Å². The summed E-state index contributed by atoms with van der Waals surface area (Å²) in [5.74, 6) is 1.87. The maximum absolute atomic E-state index is 5.12. The van der Waals surface area contributed by atoms with Crippen LogP contribution >= 0.6 is 0 Å². The molecule has 0 N–H and O–H groups in total. The number of rotatable bonds is 7. The highest BCUT2D eigenvalue weighted by Crippen LogP contribution is 2.56. The molecule has 0 fully saturated rings. The van der Waals surface area contributed by atoms with E-state index < -0.39 is 5.41 Å². The first-order valence-electron chi connectivity index (χ1n) is 14.8. The second-order valence-electron chi connectivity index (χ2n) is 10.9. The molecule has 0 bridgehead atoms. The Kier molecular flexibility index (Phi) is 7.13. The summed E-state index contributed by atoms with van der Waals surface area (Å²) in [6.07, 6.45) is 3.87. The lowest BCUT2D eigenvalue weighted by Crippen LogP contribution is -2.28. The Labute approximate surface area is 258 Å². The summed E-state index contributed by atoms with van der Waals surface area (Å²) in [5.41, 5.74) is 9.45. The highest BCUT2D eigenvalue weighted by Gasteiger charge is 2.46. The molecule has 1 aliphatic rings. The summed E-state index contributed by atoms with van der Waals surface area (Å²) >= 11 is 0.